The SMILES string of the molecule is CC(C)OCCCCN1CCC(CN2CCN(C(C)C)CC2)CC1. The van der Waals surface area contributed by atoms with Crippen molar-refractivity contribution in [1.29, 1.82) is 0 Å². The summed E-state index contributed by atoms with van der Waals surface area (Å²) in [5.41, 5.74) is 0. The number of rotatable bonds is 9. The van der Waals surface area contributed by atoms with Crippen LogP contribution >= 0.6 is 0 Å². The molecule has 2 rings (SSSR count). The second-order valence-electron chi connectivity index (χ2n) is 8.34. The summed E-state index contributed by atoms with van der Waals surface area (Å²) in [6.07, 6.45) is 5.66. The molecule has 0 aromatic carbocycles. The van der Waals surface area contributed by atoms with E-state index in [4.69, 9.17) is 4.74 Å². The molecular formula is C20H41N3O. The predicted octanol–water partition coefficient (Wildman–Crippen LogP) is 2.93. The lowest BCUT2D eigenvalue weighted by Gasteiger charge is -2.40. The Kier molecular flexibility index (Phi) is 9.02. The lowest BCUT2D eigenvalue weighted by molar-refractivity contribution is 0.0696. The lowest BCUT2D eigenvalue weighted by Crippen LogP contribution is -2.50. The van der Waals surface area contributed by atoms with Gasteiger partial charge >= 0.3 is 0 Å². The van der Waals surface area contributed by atoms with E-state index >= 15 is 0 Å². The minimum Gasteiger partial charge on any atom is -0.379 e. The Morgan fingerprint density at radius 1 is 0.833 bits per heavy atom. The first kappa shape index (κ1) is 20.2. The van der Waals surface area contributed by atoms with Gasteiger partial charge in [0, 0.05) is 45.4 Å². The van der Waals surface area contributed by atoms with Crippen molar-refractivity contribution < 1.29 is 4.74 Å². The van der Waals surface area contributed by atoms with Gasteiger partial charge in [0.15, 0.2) is 0 Å². The third kappa shape index (κ3) is 7.38. The van der Waals surface area contributed by atoms with Crippen molar-refractivity contribution in [2.45, 2.75) is 65.5 Å². The van der Waals surface area contributed by atoms with Gasteiger partial charge in [0.2, 0.25) is 0 Å². The van der Waals surface area contributed by atoms with Crippen LogP contribution in [0.3, 0.4) is 0 Å². The van der Waals surface area contributed by atoms with Gasteiger partial charge in [-0.15, -0.1) is 0 Å². The van der Waals surface area contributed by atoms with Crippen molar-refractivity contribution in [3.05, 3.63) is 0 Å². The molecule has 0 unspecified atom stereocenters. The number of hydrogen-bond acceptors (Lipinski definition) is 4. The minimum absolute atomic E-state index is 0.378. The van der Waals surface area contributed by atoms with Crippen molar-refractivity contribution >= 4 is 0 Å². The fourth-order valence-electron chi connectivity index (χ4n) is 3.98. The summed E-state index contributed by atoms with van der Waals surface area (Å²) >= 11 is 0. The van der Waals surface area contributed by atoms with Crippen LogP contribution in [0.4, 0.5) is 0 Å². The van der Waals surface area contributed by atoms with Gasteiger partial charge in [0.1, 0.15) is 0 Å². The van der Waals surface area contributed by atoms with Gasteiger partial charge in [0.05, 0.1) is 6.10 Å². The van der Waals surface area contributed by atoms with E-state index in [1.165, 1.54) is 78.0 Å². The zero-order chi connectivity index (χ0) is 17.4. The van der Waals surface area contributed by atoms with Crippen LogP contribution in [-0.2, 0) is 4.74 Å². The Hall–Kier alpha value is -0.160. The second-order valence-corrected chi connectivity index (χ2v) is 8.34. The number of nitrogens with zero attached hydrogens (tertiary/aromatic N) is 3. The second kappa shape index (κ2) is 10.7. The zero-order valence-corrected chi connectivity index (χ0v) is 16.7. The largest absolute Gasteiger partial charge is 0.379 e. The molecule has 0 aromatic rings. The number of unbranched alkanes of at least 4 members (excludes halogenated alkanes) is 1. The van der Waals surface area contributed by atoms with Crippen LogP contribution in [-0.4, -0.2) is 85.8 Å². The number of likely N-dealkylation sites (tertiary alicyclic amines) is 1. The molecule has 0 N–H and O–H groups in total. The molecule has 24 heavy (non-hydrogen) atoms. The van der Waals surface area contributed by atoms with Crippen LogP contribution in [0.25, 0.3) is 0 Å². The fraction of sp³-hybridized carbons (Fsp3) is 1.00. The van der Waals surface area contributed by atoms with Crippen LogP contribution in [0.2, 0.25) is 0 Å². The van der Waals surface area contributed by atoms with Crippen LogP contribution in [0.15, 0.2) is 0 Å². The van der Waals surface area contributed by atoms with Gasteiger partial charge < -0.3 is 14.5 Å². The van der Waals surface area contributed by atoms with Crippen molar-refractivity contribution in [1.82, 2.24) is 14.7 Å². The quantitative estimate of drug-likeness (QED) is 0.601. The minimum atomic E-state index is 0.378. The lowest BCUT2D eigenvalue weighted by atomic mass is 9.95. The van der Waals surface area contributed by atoms with E-state index in [9.17, 15) is 0 Å². The molecule has 0 saturated carbocycles. The van der Waals surface area contributed by atoms with Crippen molar-refractivity contribution in [2.24, 2.45) is 5.92 Å². The Labute approximate surface area is 150 Å². The summed E-state index contributed by atoms with van der Waals surface area (Å²) in [7, 11) is 0. The predicted molar refractivity (Wildman–Crippen MR) is 103 cm³/mol. The maximum atomic E-state index is 5.63. The van der Waals surface area contributed by atoms with Gasteiger partial charge in [-0.05, 0) is 78.9 Å². The van der Waals surface area contributed by atoms with Gasteiger partial charge in [-0.1, -0.05) is 0 Å². The average molecular weight is 340 g/mol. The van der Waals surface area contributed by atoms with Crippen LogP contribution in [0.5, 0.6) is 0 Å². The summed E-state index contributed by atoms with van der Waals surface area (Å²) in [6.45, 7) is 20.1. The summed E-state index contributed by atoms with van der Waals surface area (Å²) in [6, 6.07) is 0.710. The van der Waals surface area contributed by atoms with Gasteiger partial charge in [-0.3, -0.25) is 4.90 Å². The average Bonchev–Trinajstić information content (AvgIpc) is 2.56. The van der Waals surface area contributed by atoms with Crippen molar-refractivity contribution in [3.63, 3.8) is 0 Å². The molecule has 4 nitrogen and oxygen atoms in total. The number of piperidine rings is 1. The topological polar surface area (TPSA) is 19.0 Å². The summed E-state index contributed by atoms with van der Waals surface area (Å²) < 4.78 is 5.63. The molecule has 2 saturated heterocycles. The standard InChI is InChI=1S/C20H41N3O/c1-18(2)23-14-12-22(13-15-23)17-20-7-10-21(11-8-20)9-5-6-16-24-19(3)4/h18-20H,5-17H2,1-4H3. The molecule has 0 aromatic heterocycles. The number of piperazine rings is 1. The van der Waals surface area contributed by atoms with E-state index in [0.29, 0.717) is 12.1 Å². The number of hydrogen-bond donors (Lipinski definition) is 0. The molecule has 0 spiro atoms. The third-order valence-electron chi connectivity index (χ3n) is 5.68. The first-order valence-corrected chi connectivity index (χ1v) is 10.3. The Morgan fingerprint density at radius 2 is 1.50 bits per heavy atom. The molecule has 2 fully saturated rings. The molecule has 0 atom stereocenters. The fourth-order valence-corrected chi connectivity index (χ4v) is 3.98. The highest BCUT2D eigenvalue weighted by atomic mass is 16.5. The summed E-state index contributed by atoms with van der Waals surface area (Å²) in [4.78, 5) is 7.99. The van der Waals surface area contributed by atoms with Crippen molar-refractivity contribution in [2.75, 3.05) is 59.0 Å². The van der Waals surface area contributed by atoms with Gasteiger partial charge in [0.25, 0.3) is 0 Å². The van der Waals surface area contributed by atoms with Crippen molar-refractivity contribution in [3.8, 4) is 0 Å². The molecular weight excluding hydrogens is 298 g/mol. The molecule has 0 aliphatic carbocycles. The van der Waals surface area contributed by atoms with Gasteiger partial charge in [-0.2, -0.15) is 0 Å². The Balaban J connectivity index is 1.52. The first-order chi connectivity index (χ1) is 11.5. The molecule has 0 radical (unpaired) electrons. The molecule has 4 heteroatoms. The van der Waals surface area contributed by atoms with E-state index in [-0.39, 0.29) is 0 Å². The maximum Gasteiger partial charge on any atom is 0.0518 e. The molecule has 142 valence electrons. The van der Waals surface area contributed by atoms with E-state index in [0.717, 1.165) is 12.5 Å². The summed E-state index contributed by atoms with van der Waals surface area (Å²) in [5.74, 6) is 0.927. The smallest absolute Gasteiger partial charge is 0.0518 e. The normalized spacial score (nSPS) is 22.8. The summed E-state index contributed by atoms with van der Waals surface area (Å²) in [5, 5.41) is 0. The molecule has 2 heterocycles. The monoisotopic (exact) mass is 339 g/mol. The molecule has 0 amide bonds. The highest BCUT2D eigenvalue weighted by Gasteiger charge is 2.24. The van der Waals surface area contributed by atoms with Crippen LogP contribution in [0, 0.1) is 5.92 Å². The van der Waals surface area contributed by atoms with Crippen LogP contribution in [0.1, 0.15) is 53.4 Å². The first-order valence-electron chi connectivity index (χ1n) is 10.3. The van der Waals surface area contributed by atoms with E-state index < -0.39 is 0 Å². The van der Waals surface area contributed by atoms with E-state index in [1.54, 1.807) is 0 Å². The highest BCUT2D eigenvalue weighted by Crippen LogP contribution is 2.20. The Morgan fingerprint density at radius 3 is 2.08 bits per heavy atom. The maximum absolute atomic E-state index is 5.63. The van der Waals surface area contributed by atoms with Crippen LogP contribution < -0.4 is 0 Å². The molecule has 2 aliphatic heterocycles. The van der Waals surface area contributed by atoms with E-state index in [2.05, 4.69) is 42.4 Å². The van der Waals surface area contributed by atoms with Gasteiger partial charge in [-0.25, -0.2) is 0 Å². The molecule has 0 bridgehead atoms. The zero-order valence-electron chi connectivity index (χ0n) is 16.7. The highest BCUT2D eigenvalue weighted by molar-refractivity contribution is 4.79. The third-order valence-corrected chi connectivity index (χ3v) is 5.68. The number of ether oxygens (including phenoxy) is 1. The Bertz CT molecular complexity index is 319. The van der Waals surface area contributed by atoms with E-state index in [1.807, 2.05) is 0 Å². The molecule has 2 aliphatic rings.